The summed E-state index contributed by atoms with van der Waals surface area (Å²) >= 11 is 0. The average molecular weight is 705 g/mol. The van der Waals surface area contributed by atoms with Crippen molar-refractivity contribution in [3.05, 3.63) is 121 Å². The zero-order chi connectivity index (χ0) is 38.2. The maximum absolute atomic E-state index is 10.8. The van der Waals surface area contributed by atoms with Gasteiger partial charge in [0, 0.05) is 0 Å². The largest absolute Gasteiger partial charge is 0.488 e. The summed E-state index contributed by atoms with van der Waals surface area (Å²) in [7, 11) is 0. The fourth-order valence-electron chi connectivity index (χ4n) is 4.21. The highest BCUT2D eigenvalue weighted by Crippen LogP contribution is 2.17. The highest BCUT2D eigenvalue weighted by Gasteiger charge is 2.20. The van der Waals surface area contributed by atoms with Gasteiger partial charge in [-0.3, -0.25) is 4.79 Å². The van der Waals surface area contributed by atoms with Crippen molar-refractivity contribution in [1.29, 1.82) is 0 Å². The second kappa shape index (κ2) is 25.6. The Labute approximate surface area is 306 Å². The summed E-state index contributed by atoms with van der Waals surface area (Å²) in [6.07, 6.45) is -1.66. The first-order valence-corrected chi connectivity index (χ1v) is 17.6. The average Bonchev–Trinajstić information content (AvgIpc) is 3.13. The molecule has 3 N–H and O–H groups in total. The number of aliphatic hydroxyl groups excluding tert-OH is 3. The normalized spacial score (nSPS) is 13.9. The molecule has 4 rings (SSSR count). The van der Waals surface area contributed by atoms with E-state index in [-0.39, 0.29) is 48.6 Å². The lowest BCUT2D eigenvalue weighted by molar-refractivity contribution is -0.122. The number of benzene rings is 4. The number of hydrogen-bond acceptors (Lipinski definition) is 8. The van der Waals surface area contributed by atoms with Crippen molar-refractivity contribution in [2.24, 2.45) is 11.8 Å². The molecule has 0 heterocycles. The molecular formula is C43H60O8. The minimum absolute atomic E-state index is 0.0406. The Balaban J connectivity index is 0.000000342. The molecule has 0 aromatic heterocycles. The molecule has 8 nitrogen and oxygen atoms in total. The molecule has 0 bridgehead atoms. The number of ether oxygens (including phenoxy) is 4. The summed E-state index contributed by atoms with van der Waals surface area (Å²) in [6, 6.07) is 37.9. The van der Waals surface area contributed by atoms with Gasteiger partial charge in [0.1, 0.15) is 41.3 Å². The number of ketones is 1. The van der Waals surface area contributed by atoms with Crippen LogP contribution in [0.4, 0.5) is 0 Å². The molecule has 0 aliphatic carbocycles. The van der Waals surface area contributed by atoms with Gasteiger partial charge >= 0.3 is 0 Å². The Hall–Kier alpha value is -4.37. The molecule has 51 heavy (non-hydrogen) atoms. The van der Waals surface area contributed by atoms with E-state index in [1.54, 1.807) is 6.92 Å². The van der Waals surface area contributed by atoms with Crippen molar-refractivity contribution in [3.63, 3.8) is 0 Å². The van der Waals surface area contributed by atoms with Crippen LogP contribution in [0.1, 0.15) is 62.3 Å². The van der Waals surface area contributed by atoms with E-state index >= 15 is 0 Å². The van der Waals surface area contributed by atoms with E-state index in [4.69, 9.17) is 24.1 Å². The molecule has 8 heteroatoms. The lowest BCUT2D eigenvalue weighted by Gasteiger charge is -2.23. The predicted molar refractivity (Wildman–Crippen MR) is 206 cm³/mol. The third-order valence-electron chi connectivity index (χ3n) is 7.42. The number of aliphatic hydroxyl groups is 3. The molecule has 280 valence electrons. The molecule has 0 unspecified atom stereocenters. The topological polar surface area (TPSA) is 115 Å². The van der Waals surface area contributed by atoms with Crippen LogP contribution in [0.3, 0.4) is 0 Å². The monoisotopic (exact) mass is 704 g/mol. The standard InChI is InChI=1S/2C12H18O2.C10H12O2.C9H12O2/c2*1-9(2)12(13)10(3)14-11-7-5-4-6-8-11;1-8(11)9(2)12-10-6-4-3-5-7-10;1-8(7-10)11-9-5-3-2-4-6-9/h2*4-10,12-13H,1-3H3;3-7,9H,1-2H3;2-6,8,10H,7H2,1H3/t10-,12+;10-,12-;9-;8-/m0000/s1. The number of para-hydroxylation sites is 4. The molecule has 0 amide bonds. The van der Waals surface area contributed by atoms with Crippen molar-refractivity contribution in [1.82, 2.24) is 0 Å². The van der Waals surface area contributed by atoms with Crippen LogP contribution in [0.5, 0.6) is 23.0 Å². The van der Waals surface area contributed by atoms with E-state index in [0.29, 0.717) is 0 Å². The van der Waals surface area contributed by atoms with Gasteiger partial charge in [0.05, 0.1) is 18.8 Å². The first-order chi connectivity index (χ1) is 24.2. The summed E-state index contributed by atoms with van der Waals surface area (Å²) in [5.41, 5.74) is 0. The van der Waals surface area contributed by atoms with Gasteiger partial charge in [-0.25, -0.2) is 0 Å². The van der Waals surface area contributed by atoms with Crippen LogP contribution >= 0.6 is 0 Å². The van der Waals surface area contributed by atoms with E-state index in [0.717, 1.165) is 23.0 Å². The van der Waals surface area contributed by atoms with Crippen LogP contribution < -0.4 is 18.9 Å². The molecule has 4 aromatic rings. The molecule has 0 radical (unpaired) electrons. The van der Waals surface area contributed by atoms with Gasteiger partial charge < -0.3 is 34.3 Å². The van der Waals surface area contributed by atoms with E-state index in [1.165, 1.54) is 6.92 Å². The minimum Gasteiger partial charge on any atom is -0.488 e. The van der Waals surface area contributed by atoms with Crippen LogP contribution in [0.25, 0.3) is 0 Å². The molecule has 0 saturated carbocycles. The first-order valence-electron chi connectivity index (χ1n) is 17.6. The van der Waals surface area contributed by atoms with Crippen LogP contribution in [0.15, 0.2) is 121 Å². The maximum atomic E-state index is 10.8. The Morgan fingerprint density at radius 3 is 1.02 bits per heavy atom. The second-order valence-electron chi connectivity index (χ2n) is 12.8. The quantitative estimate of drug-likeness (QED) is 0.120. The molecule has 4 aromatic carbocycles. The van der Waals surface area contributed by atoms with E-state index in [2.05, 4.69) is 0 Å². The van der Waals surface area contributed by atoms with Gasteiger partial charge in [0.25, 0.3) is 0 Å². The van der Waals surface area contributed by atoms with Gasteiger partial charge in [-0.15, -0.1) is 0 Å². The third-order valence-corrected chi connectivity index (χ3v) is 7.42. The second-order valence-corrected chi connectivity index (χ2v) is 12.8. The lowest BCUT2D eigenvalue weighted by Crippen LogP contribution is -2.32. The number of Topliss-reactive ketones (excluding diaryl/α,β-unsaturated/α-hetero) is 1. The molecule has 0 fully saturated rings. The number of carbonyl (C=O) groups is 1. The predicted octanol–water partition coefficient (Wildman–Crippen LogP) is 8.43. The zero-order valence-electron chi connectivity index (χ0n) is 31.8. The summed E-state index contributed by atoms with van der Waals surface area (Å²) in [5.74, 6) is 3.62. The van der Waals surface area contributed by atoms with Crippen LogP contribution in [0, 0.1) is 11.8 Å². The van der Waals surface area contributed by atoms with Crippen molar-refractivity contribution in [2.75, 3.05) is 6.61 Å². The highest BCUT2D eigenvalue weighted by molar-refractivity contribution is 5.80. The third kappa shape index (κ3) is 20.2. The maximum Gasteiger partial charge on any atom is 0.169 e. The Morgan fingerprint density at radius 1 is 0.490 bits per heavy atom. The molecular weight excluding hydrogens is 644 g/mol. The fourth-order valence-corrected chi connectivity index (χ4v) is 4.21. The van der Waals surface area contributed by atoms with E-state index in [1.807, 2.05) is 170 Å². The zero-order valence-corrected chi connectivity index (χ0v) is 31.8. The van der Waals surface area contributed by atoms with Crippen molar-refractivity contribution in [3.8, 4) is 23.0 Å². The smallest absolute Gasteiger partial charge is 0.169 e. The van der Waals surface area contributed by atoms with Crippen molar-refractivity contribution >= 4 is 5.78 Å². The van der Waals surface area contributed by atoms with Gasteiger partial charge in [0.2, 0.25) is 0 Å². The Morgan fingerprint density at radius 2 is 0.765 bits per heavy atom. The lowest BCUT2D eigenvalue weighted by atomic mass is 10.0. The van der Waals surface area contributed by atoms with Crippen molar-refractivity contribution < 1.29 is 39.1 Å². The van der Waals surface area contributed by atoms with Gasteiger partial charge in [0.15, 0.2) is 11.9 Å². The molecule has 0 aliphatic heterocycles. The van der Waals surface area contributed by atoms with Crippen LogP contribution in [-0.2, 0) is 4.79 Å². The van der Waals surface area contributed by atoms with Crippen LogP contribution in [-0.4, -0.2) is 64.3 Å². The SMILES string of the molecule is CC(=O)[C@H](C)Oc1ccccc1.CC(C)[C@@H](O)[C@H](C)Oc1ccccc1.CC(C)[C@H](O)[C@H](C)Oc1ccccc1.C[C@@H](CO)Oc1ccccc1. The summed E-state index contributed by atoms with van der Waals surface area (Å²) < 4.78 is 21.8. The summed E-state index contributed by atoms with van der Waals surface area (Å²) in [6.45, 7) is 16.8. The fraction of sp³-hybridized carbons (Fsp3) is 0.419. The number of carbonyl (C=O) groups excluding carboxylic acids is 1. The molecule has 0 spiro atoms. The Bertz CT molecular complexity index is 1340. The Kier molecular flexibility index (Phi) is 22.4. The number of rotatable bonds is 14. The summed E-state index contributed by atoms with van der Waals surface area (Å²) in [5, 5.41) is 28.1. The van der Waals surface area contributed by atoms with Crippen LogP contribution in [0.2, 0.25) is 0 Å². The molecule has 0 aliphatic rings. The summed E-state index contributed by atoms with van der Waals surface area (Å²) in [4.78, 5) is 10.8. The number of hydrogen-bond donors (Lipinski definition) is 3. The van der Waals surface area contributed by atoms with Gasteiger partial charge in [-0.1, -0.05) is 100 Å². The molecule has 0 saturated heterocycles. The van der Waals surface area contributed by atoms with E-state index < -0.39 is 12.2 Å². The molecule has 6 atom stereocenters. The van der Waals surface area contributed by atoms with Crippen molar-refractivity contribution in [2.45, 2.75) is 98.9 Å². The minimum atomic E-state index is -0.421. The van der Waals surface area contributed by atoms with E-state index in [9.17, 15) is 15.0 Å². The highest BCUT2D eigenvalue weighted by atomic mass is 16.5. The van der Waals surface area contributed by atoms with Gasteiger partial charge in [-0.2, -0.15) is 0 Å². The first kappa shape index (κ1) is 44.7. The van der Waals surface area contributed by atoms with Gasteiger partial charge in [-0.05, 0) is 95.0 Å².